The molecule has 0 heterocycles. The van der Waals surface area contributed by atoms with Gasteiger partial charge in [0.25, 0.3) is 0 Å². The van der Waals surface area contributed by atoms with Crippen molar-refractivity contribution in [3.05, 3.63) is 12.2 Å². The summed E-state index contributed by atoms with van der Waals surface area (Å²) >= 11 is 0. The molecule has 0 saturated heterocycles. The van der Waals surface area contributed by atoms with Gasteiger partial charge in [-0.1, -0.05) is 57.6 Å². The van der Waals surface area contributed by atoms with Gasteiger partial charge in [-0.15, -0.1) is 0 Å². The first kappa shape index (κ1) is 15.7. The molecular weight excluding hydrogens is 196 g/mol. The Hall–Kier alpha value is -0.300. The Kier molecular flexibility index (Phi) is 14.4. The van der Waals surface area contributed by atoms with E-state index in [-0.39, 0.29) is 0 Å². The molecule has 0 aliphatic heterocycles. The molecule has 1 N–H and O–H groups in total. The molecule has 0 aromatic heterocycles. The molecule has 0 saturated carbocycles. The highest BCUT2D eigenvalue weighted by atomic mass is 16.2. The zero-order valence-electron chi connectivity index (χ0n) is 11.1. The fourth-order valence-corrected chi connectivity index (χ4v) is 1.83. The van der Waals surface area contributed by atoms with E-state index >= 15 is 0 Å². The van der Waals surface area contributed by atoms with Crippen molar-refractivity contribution < 1.29 is 5.11 Å². The third-order valence-electron chi connectivity index (χ3n) is 2.92. The molecule has 0 fully saturated rings. The van der Waals surface area contributed by atoms with Crippen molar-refractivity contribution >= 4 is 0 Å². The Balaban J connectivity index is 2.97. The maximum Gasteiger partial charge on any atom is 0.0431 e. The van der Waals surface area contributed by atoms with E-state index in [2.05, 4.69) is 19.1 Å². The zero-order valence-corrected chi connectivity index (χ0v) is 11.1. The van der Waals surface area contributed by atoms with Gasteiger partial charge in [-0.05, 0) is 32.1 Å². The zero-order chi connectivity index (χ0) is 11.9. The van der Waals surface area contributed by atoms with E-state index in [4.69, 9.17) is 5.11 Å². The Morgan fingerprint density at radius 3 is 1.75 bits per heavy atom. The average Bonchev–Trinajstić information content (AvgIpc) is 2.31. The second-order valence-electron chi connectivity index (χ2n) is 4.60. The summed E-state index contributed by atoms with van der Waals surface area (Å²) in [5, 5.41) is 8.60. The first-order valence-corrected chi connectivity index (χ1v) is 7.17. The van der Waals surface area contributed by atoms with Crippen LogP contribution in [0.2, 0.25) is 0 Å². The maximum atomic E-state index is 8.60. The number of aliphatic hydroxyl groups excluding tert-OH is 1. The van der Waals surface area contributed by atoms with Gasteiger partial charge in [0, 0.05) is 6.61 Å². The van der Waals surface area contributed by atoms with Gasteiger partial charge < -0.3 is 5.11 Å². The summed E-state index contributed by atoms with van der Waals surface area (Å²) in [4.78, 5) is 0. The molecule has 1 nitrogen and oxygen atoms in total. The van der Waals surface area contributed by atoms with Crippen molar-refractivity contribution in [3.63, 3.8) is 0 Å². The molecule has 0 aliphatic carbocycles. The largest absolute Gasteiger partial charge is 0.396 e. The second-order valence-corrected chi connectivity index (χ2v) is 4.60. The molecule has 0 radical (unpaired) electrons. The van der Waals surface area contributed by atoms with Crippen LogP contribution in [-0.4, -0.2) is 11.7 Å². The smallest absolute Gasteiger partial charge is 0.0431 e. The van der Waals surface area contributed by atoms with E-state index < -0.39 is 0 Å². The summed E-state index contributed by atoms with van der Waals surface area (Å²) in [5.41, 5.74) is 0. The summed E-state index contributed by atoms with van der Waals surface area (Å²) in [6, 6.07) is 0. The van der Waals surface area contributed by atoms with Crippen LogP contribution in [0.15, 0.2) is 12.2 Å². The molecule has 0 aliphatic rings. The van der Waals surface area contributed by atoms with Gasteiger partial charge >= 0.3 is 0 Å². The van der Waals surface area contributed by atoms with E-state index in [1.807, 2.05) is 0 Å². The highest BCUT2D eigenvalue weighted by molar-refractivity contribution is 4.81. The fourth-order valence-electron chi connectivity index (χ4n) is 1.83. The lowest BCUT2D eigenvalue weighted by atomic mass is 10.1. The number of hydrogen-bond donors (Lipinski definition) is 1. The molecule has 0 aromatic rings. The number of allylic oxidation sites excluding steroid dienone is 2. The van der Waals surface area contributed by atoms with E-state index in [1.165, 1.54) is 51.4 Å². The lowest BCUT2D eigenvalue weighted by Crippen LogP contribution is -1.81. The normalized spacial score (nSPS) is 11.4. The quantitative estimate of drug-likeness (QED) is 0.373. The lowest BCUT2D eigenvalue weighted by Gasteiger charge is -1.98. The Bertz CT molecular complexity index is 140. The van der Waals surface area contributed by atoms with E-state index in [1.54, 1.807) is 0 Å². The minimum atomic E-state index is 0.339. The molecule has 1 heteroatoms. The van der Waals surface area contributed by atoms with Crippen molar-refractivity contribution in [2.24, 2.45) is 0 Å². The summed E-state index contributed by atoms with van der Waals surface area (Å²) in [7, 11) is 0. The van der Waals surface area contributed by atoms with Gasteiger partial charge in [0.1, 0.15) is 0 Å². The van der Waals surface area contributed by atoms with Crippen LogP contribution in [0.1, 0.15) is 77.6 Å². The van der Waals surface area contributed by atoms with Gasteiger partial charge in [-0.2, -0.15) is 0 Å². The second kappa shape index (κ2) is 14.7. The van der Waals surface area contributed by atoms with E-state index in [0.29, 0.717) is 6.61 Å². The molecule has 0 unspecified atom stereocenters. The molecule has 0 amide bonds. The molecular formula is C15H30O. The third-order valence-corrected chi connectivity index (χ3v) is 2.92. The minimum Gasteiger partial charge on any atom is -0.396 e. The summed E-state index contributed by atoms with van der Waals surface area (Å²) < 4.78 is 0. The summed E-state index contributed by atoms with van der Waals surface area (Å²) in [5.74, 6) is 0. The minimum absolute atomic E-state index is 0.339. The highest BCUT2D eigenvalue weighted by Crippen LogP contribution is 2.08. The van der Waals surface area contributed by atoms with Crippen LogP contribution in [0.4, 0.5) is 0 Å². The third kappa shape index (κ3) is 13.7. The number of unbranched alkanes of at least 4 members (excludes halogenated alkanes) is 9. The first-order valence-electron chi connectivity index (χ1n) is 7.17. The number of rotatable bonds is 12. The van der Waals surface area contributed by atoms with E-state index in [9.17, 15) is 0 Å². The van der Waals surface area contributed by atoms with Gasteiger partial charge in [0.2, 0.25) is 0 Å². The van der Waals surface area contributed by atoms with Crippen molar-refractivity contribution in [3.8, 4) is 0 Å². The fraction of sp³-hybridized carbons (Fsp3) is 0.867. The van der Waals surface area contributed by atoms with Crippen LogP contribution in [0.3, 0.4) is 0 Å². The highest BCUT2D eigenvalue weighted by Gasteiger charge is 1.89. The van der Waals surface area contributed by atoms with Crippen LogP contribution >= 0.6 is 0 Å². The van der Waals surface area contributed by atoms with Gasteiger partial charge in [0.05, 0.1) is 0 Å². The topological polar surface area (TPSA) is 20.2 Å². The molecule has 0 bridgehead atoms. The van der Waals surface area contributed by atoms with E-state index in [0.717, 1.165) is 19.3 Å². The van der Waals surface area contributed by atoms with Crippen LogP contribution < -0.4 is 0 Å². The van der Waals surface area contributed by atoms with Crippen molar-refractivity contribution in [1.82, 2.24) is 0 Å². The van der Waals surface area contributed by atoms with Crippen LogP contribution in [0.25, 0.3) is 0 Å². The number of hydrogen-bond acceptors (Lipinski definition) is 1. The Morgan fingerprint density at radius 2 is 1.19 bits per heavy atom. The molecule has 0 spiro atoms. The molecule has 0 aromatic carbocycles. The Labute approximate surface area is 102 Å². The monoisotopic (exact) mass is 226 g/mol. The van der Waals surface area contributed by atoms with Crippen LogP contribution in [0.5, 0.6) is 0 Å². The summed E-state index contributed by atoms with van der Waals surface area (Å²) in [6.45, 7) is 2.60. The average molecular weight is 226 g/mol. The lowest BCUT2D eigenvalue weighted by molar-refractivity contribution is 0.285. The predicted octanol–water partition coefficient (Wildman–Crippen LogP) is 4.85. The molecule has 0 atom stereocenters. The first-order chi connectivity index (χ1) is 7.91. The molecule has 0 rings (SSSR count). The summed E-state index contributed by atoms with van der Waals surface area (Å²) in [6.07, 6.45) is 18.8. The van der Waals surface area contributed by atoms with Crippen molar-refractivity contribution in [1.29, 1.82) is 0 Å². The maximum absolute atomic E-state index is 8.60. The molecule has 96 valence electrons. The van der Waals surface area contributed by atoms with Crippen molar-refractivity contribution in [2.45, 2.75) is 77.6 Å². The Morgan fingerprint density at radius 1 is 0.688 bits per heavy atom. The van der Waals surface area contributed by atoms with Gasteiger partial charge in [-0.25, -0.2) is 0 Å². The number of aliphatic hydroxyl groups is 1. The predicted molar refractivity (Wildman–Crippen MR) is 72.7 cm³/mol. The van der Waals surface area contributed by atoms with Gasteiger partial charge in [0.15, 0.2) is 0 Å². The van der Waals surface area contributed by atoms with Crippen LogP contribution in [-0.2, 0) is 0 Å². The van der Waals surface area contributed by atoms with Crippen molar-refractivity contribution in [2.75, 3.05) is 6.61 Å². The SMILES string of the molecule is CCCCCCCCC/C=C\CCCCO. The van der Waals surface area contributed by atoms with Gasteiger partial charge in [-0.3, -0.25) is 0 Å². The standard InChI is InChI=1S/C15H30O/c1-2-3-4-5-6-7-8-9-10-11-12-13-14-15-16/h10-11,16H,2-9,12-15H2,1H3/b11-10-. The van der Waals surface area contributed by atoms with Crippen LogP contribution in [0, 0.1) is 0 Å². The molecule has 16 heavy (non-hydrogen) atoms.